The summed E-state index contributed by atoms with van der Waals surface area (Å²) in [6, 6.07) is 28.0. The van der Waals surface area contributed by atoms with Gasteiger partial charge in [0.25, 0.3) is 0 Å². The predicted octanol–water partition coefficient (Wildman–Crippen LogP) is 38.3. The van der Waals surface area contributed by atoms with Crippen LogP contribution in [0.4, 0.5) is 43.9 Å². The van der Waals surface area contributed by atoms with E-state index in [0.717, 1.165) is 201 Å². The molecule has 0 aromatic heterocycles. The van der Waals surface area contributed by atoms with Crippen LogP contribution in [0.3, 0.4) is 0 Å². The van der Waals surface area contributed by atoms with Crippen molar-refractivity contribution in [2.24, 2.45) is 101 Å². The highest BCUT2D eigenvalue weighted by molar-refractivity contribution is 5.92. The molecular formula is C126H164F10O3. The SMILES string of the molecule is Cc1ccc2cc(C3CCC(C4CCC(C)CC4)CC3)c(F)c(F)c2c1C.Cc1ccc2cc(CCC3CCC(C4CCC(C)CC4)CC3)c(F)c(F)c2c1C.Cc1ccc2cc(OCC3CCC(C)CC3)c(F)c(F)c2c1C.Cc1ccc2cc(OCC3CCC(C4CCC(C)CC4)CC3)c(F)c(F)c2c1C.Cc1ccc2cc(OCC3CCC(CCC4CCC(C)CC4)CC3)c(F)c(F)c2c1C. The van der Waals surface area contributed by atoms with Crippen LogP contribution in [0.1, 0.15) is 358 Å². The van der Waals surface area contributed by atoms with Gasteiger partial charge in [0.15, 0.2) is 58.0 Å². The first-order valence-corrected chi connectivity index (χ1v) is 55.0. The third kappa shape index (κ3) is 25.8. The summed E-state index contributed by atoms with van der Waals surface area (Å²) < 4.78 is 164. The lowest BCUT2D eigenvalue weighted by Crippen LogP contribution is -2.27. The lowest BCUT2D eigenvalue weighted by atomic mass is 9.68. The zero-order valence-electron chi connectivity index (χ0n) is 87.0. The monoisotopic (exact) mass is 1920 g/mol. The number of benzene rings is 10. The zero-order chi connectivity index (χ0) is 98.7. The molecule has 0 saturated heterocycles. The molecule has 10 aromatic rings. The van der Waals surface area contributed by atoms with E-state index in [1.54, 1.807) is 18.2 Å². The van der Waals surface area contributed by atoms with E-state index in [0.29, 0.717) is 104 Å². The van der Waals surface area contributed by atoms with Crippen LogP contribution in [0.15, 0.2) is 91.0 Å². The van der Waals surface area contributed by atoms with Crippen molar-refractivity contribution in [2.45, 2.75) is 367 Å². The molecule has 9 aliphatic rings. The van der Waals surface area contributed by atoms with Gasteiger partial charge in [-0.2, -0.15) is 13.2 Å². The molecule has 139 heavy (non-hydrogen) atoms. The van der Waals surface area contributed by atoms with Crippen molar-refractivity contribution in [3.05, 3.63) is 216 Å². The molecule has 0 heterocycles. The van der Waals surface area contributed by atoms with Crippen molar-refractivity contribution < 1.29 is 58.1 Å². The van der Waals surface area contributed by atoms with Crippen molar-refractivity contribution in [1.29, 1.82) is 0 Å². The van der Waals surface area contributed by atoms with Crippen molar-refractivity contribution in [3.63, 3.8) is 0 Å². The van der Waals surface area contributed by atoms with Gasteiger partial charge in [0.1, 0.15) is 0 Å². The second-order valence-electron chi connectivity index (χ2n) is 46.7. The lowest BCUT2D eigenvalue weighted by Gasteiger charge is -2.37. The third-order valence-corrected chi connectivity index (χ3v) is 37.2. The highest BCUT2D eigenvalue weighted by Crippen LogP contribution is 2.50. The second-order valence-corrected chi connectivity index (χ2v) is 46.7. The van der Waals surface area contributed by atoms with Crippen LogP contribution < -0.4 is 14.2 Å². The normalized spacial score (nSPS) is 26.9. The second kappa shape index (κ2) is 48.3. The zero-order valence-corrected chi connectivity index (χ0v) is 87.0. The molecule has 0 radical (unpaired) electrons. The highest BCUT2D eigenvalue weighted by atomic mass is 19.2. The van der Waals surface area contributed by atoms with Crippen LogP contribution >= 0.6 is 0 Å². The number of fused-ring (bicyclic) bond motifs is 5. The Hall–Kier alpha value is -7.80. The van der Waals surface area contributed by atoms with Crippen LogP contribution in [0.25, 0.3) is 53.9 Å². The van der Waals surface area contributed by atoms with Crippen molar-refractivity contribution in [3.8, 4) is 17.2 Å². The quantitative estimate of drug-likeness (QED) is 0.0755. The summed E-state index contributed by atoms with van der Waals surface area (Å²) in [4.78, 5) is 0. The van der Waals surface area contributed by atoms with E-state index in [9.17, 15) is 43.9 Å². The summed E-state index contributed by atoms with van der Waals surface area (Å²) >= 11 is 0. The van der Waals surface area contributed by atoms with E-state index in [4.69, 9.17) is 14.2 Å². The summed E-state index contributed by atoms with van der Waals surface area (Å²) in [7, 11) is 0. The van der Waals surface area contributed by atoms with E-state index < -0.39 is 58.2 Å². The molecule has 0 atom stereocenters. The Morgan fingerprint density at radius 3 is 0.741 bits per heavy atom. The van der Waals surface area contributed by atoms with E-state index >= 15 is 0 Å². The van der Waals surface area contributed by atoms with Crippen LogP contribution in [-0.2, 0) is 6.42 Å². The van der Waals surface area contributed by atoms with Crippen LogP contribution in [0.2, 0.25) is 0 Å². The van der Waals surface area contributed by atoms with Crippen LogP contribution in [0.5, 0.6) is 17.2 Å². The van der Waals surface area contributed by atoms with E-state index in [-0.39, 0.29) is 23.2 Å². The topological polar surface area (TPSA) is 27.7 Å². The van der Waals surface area contributed by atoms with Gasteiger partial charge >= 0.3 is 0 Å². The molecule has 0 amide bonds. The molecule has 756 valence electrons. The first kappa shape index (κ1) is 105. The fraction of sp³-hybridized carbons (Fsp3) is 0.603. The minimum atomic E-state index is -0.865. The molecule has 0 N–H and O–H groups in total. The molecule has 0 unspecified atom stereocenters. The molecule has 0 bridgehead atoms. The highest BCUT2D eigenvalue weighted by Gasteiger charge is 2.37. The van der Waals surface area contributed by atoms with Gasteiger partial charge in [-0.1, -0.05) is 211 Å². The van der Waals surface area contributed by atoms with Gasteiger partial charge in [0.05, 0.1) is 19.8 Å². The molecule has 9 aliphatic carbocycles. The molecular weight excluding hydrogens is 1750 g/mol. The van der Waals surface area contributed by atoms with Crippen molar-refractivity contribution in [2.75, 3.05) is 19.8 Å². The summed E-state index contributed by atoms with van der Waals surface area (Å²) in [5.74, 6) is 6.39. The number of halogens is 10. The number of ether oxygens (including phenoxy) is 3. The number of hydrogen-bond donors (Lipinski definition) is 0. The average Bonchev–Trinajstić information content (AvgIpc) is 0.415. The minimum absolute atomic E-state index is 0.0388. The van der Waals surface area contributed by atoms with Gasteiger partial charge < -0.3 is 14.2 Å². The van der Waals surface area contributed by atoms with Gasteiger partial charge in [0, 0.05) is 26.9 Å². The Balaban J connectivity index is 0.000000132. The van der Waals surface area contributed by atoms with Gasteiger partial charge in [-0.3, -0.25) is 0 Å². The van der Waals surface area contributed by atoms with Crippen molar-refractivity contribution >= 4 is 53.9 Å². The number of rotatable bonds is 19. The maximum absolute atomic E-state index is 14.9. The van der Waals surface area contributed by atoms with E-state index in [1.165, 1.54) is 193 Å². The van der Waals surface area contributed by atoms with Gasteiger partial charge in [-0.25, -0.2) is 30.7 Å². The fourth-order valence-corrected chi connectivity index (χ4v) is 26.5. The summed E-state index contributed by atoms with van der Waals surface area (Å²) in [6.07, 6.45) is 50.6. The van der Waals surface area contributed by atoms with Crippen LogP contribution in [-0.4, -0.2) is 19.8 Å². The Kier molecular flexibility index (Phi) is 36.6. The standard InChI is InChI=1S/C28H38F2O.C27H36F2.C26H34F2O.C25H32F2.C20H24F2O/c1-18-4-7-21(8-5-18)9-10-22-11-13-23(14-12-22)17-31-25-16-24-15-6-19(2)20(3)26(24)28(30)27(25)29;1-17-4-10-21(11-5-17)22-13-7-20(8-14-22)9-15-24-16-23-12-6-18(2)19(3)25(23)27(29)26(24)28;1-16-4-9-20(10-5-16)21-12-7-19(8-13-21)15-29-23-14-22-11-6-17(2)18(3)24(22)26(28)25(23)27;1-15-4-7-18(8-5-15)19-10-12-20(13-11-19)22-14-21-9-6-16(2)17(3)23(21)25(27)24(22)26;1-12-4-7-15(8-5-12)11-23-17-10-16-9-6-13(2)14(3)18(16)20(22)19(17)21/h6,15-16,18,21-23H,4-5,7-14,17H2,1-3H3;6,12,16-17,20-22H,4-5,7-11,13-15H2,1-3H3;6,11,14,16,19-21H,4-5,7-10,12-13,15H2,1-3H3;6,9,14-15,18-20H,4-5,7-8,10-13H2,1-3H3;6,9-10,12,15H,4-5,7-8,11H2,1-3H3. The predicted molar refractivity (Wildman–Crippen MR) is 557 cm³/mol. The molecule has 9 saturated carbocycles. The van der Waals surface area contributed by atoms with Gasteiger partial charge in [-0.15, -0.1) is 0 Å². The van der Waals surface area contributed by atoms with Crippen LogP contribution in [0, 0.1) is 228 Å². The first-order valence-electron chi connectivity index (χ1n) is 55.0. The fourth-order valence-electron chi connectivity index (χ4n) is 26.5. The Labute approximate surface area is 827 Å². The van der Waals surface area contributed by atoms with E-state index in [1.807, 2.05) is 142 Å². The summed E-state index contributed by atoms with van der Waals surface area (Å²) in [6.45, 7) is 32.1. The Bertz CT molecular complexity index is 5630. The summed E-state index contributed by atoms with van der Waals surface area (Å²) in [5.41, 5.74) is 10.1. The molecule has 3 nitrogen and oxygen atoms in total. The van der Waals surface area contributed by atoms with Crippen molar-refractivity contribution in [1.82, 2.24) is 0 Å². The first-order chi connectivity index (χ1) is 66.7. The smallest absolute Gasteiger partial charge is 0.201 e. The third-order valence-electron chi connectivity index (χ3n) is 37.2. The lowest BCUT2D eigenvalue weighted by molar-refractivity contribution is 0.124. The molecule has 0 aliphatic heterocycles. The Morgan fingerprint density at radius 1 is 0.216 bits per heavy atom. The Morgan fingerprint density at radius 2 is 0.432 bits per heavy atom. The number of aryl methyl sites for hydroxylation is 11. The number of hydrogen-bond acceptors (Lipinski definition) is 3. The van der Waals surface area contributed by atoms with E-state index in [2.05, 4.69) is 34.6 Å². The van der Waals surface area contributed by atoms with Gasteiger partial charge in [0.2, 0.25) is 17.5 Å². The summed E-state index contributed by atoms with van der Waals surface area (Å²) in [5, 5.41) is 5.80. The molecule has 0 spiro atoms. The maximum atomic E-state index is 14.9. The molecule has 19 rings (SSSR count). The largest absolute Gasteiger partial charge is 0.490 e. The molecule has 13 heteroatoms. The van der Waals surface area contributed by atoms with Gasteiger partial charge in [-0.05, 0) is 441 Å². The molecule has 10 aromatic carbocycles. The minimum Gasteiger partial charge on any atom is -0.490 e. The maximum Gasteiger partial charge on any atom is 0.201 e. The average molecular weight is 1920 g/mol. The molecule has 9 fully saturated rings.